The Kier molecular flexibility index (Phi) is 6.67. The summed E-state index contributed by atoms with van der Waals surface area (Å²) in [7, 11) is -2.25. The third-order valence-electron chi connectivity index (χ3n) is 9.35. The molecule has 7 rings (SSSR count). The summed E-state index contributed by atoms with van der Waals surface area (Å²) in [4.78, 5) is 33.2. The lowest BCUT2D eigenvalue weighted by Gasteiger charge is -2.40. The van der Waals surface area contributed by atoms with E-state index in [1.54, 1.807) is 29.2 Å². The minimum atomic E-state index is -3.61. The first kappa shape index (κ1) is 27.9. The van der Waals surface area contributed by atoms with Crippen molar-refractivity contribution >= 4 is 56.4 Å². The van der Waals surface area contributed by atoms with Crippen molar-refractivity contribution in [3.63, 3.8) is 0 Å². The third-order valence-corrected chi connectivity index (χ3v) is 11.3. The molecule has 2 saturated heterocycles. The third kappa shape index (κ3) is 4.20. The van der Waals surface area contributed by atoms with Gasteiger partial charge in [0.05, 0.1) is 10.8 Å². The number of fused-ring (bicyclic) bond motifs is 3. The van der Waals surface area contributed by atoms with Gasteiger partial charge in [-0.15, -0.1) is 0 Å². The summed E-state index contributed by atoms with van der Waals surface area (Å²) >= 11 is 12.9. The molecule has 11 heteroatoms. The van der Waals surface area contributed by atoms with Gasteiger partial charge in [0.2, 0.25) is 21.8 Å². The highest BCUT2D eigenvalue weighted by Gasteiger charge is 2.69. The Labute approximate surface area is 255 Å². The van der Waals surface area contributed by atoms with E-state index in [-0.39, 0.29) is 22.8 Å². The molecule has 0 bridgehead atoms. The molecule has 42 heavy (non-hydrogen) atoms. The van der Waals surface area contributed by atoms with Gasteiger partial charge in [0.1, 0.15) is 5.54 Å². The van der Waals surface area contributed by atoms with Crippen LogP contribution in [0.15, 0.2) is 71.6 Å². The van der Waals surface area contributed by atoms with E-state index in [1.807, 2.05) is 30.3 Å². The number of piperidine rings is 1. The van der Waals surface area contributed by atoms with Gasteiger partial charge in [-0.25, -0.2) is 13.1 Å². The zero-order valence-electron chi connectivity index (χ0n) is 22.9. The fourth-order valence-corrected chi connectivity index (χ4v) is 8.48. The van der Waals surface area contributed by atoms with E-state index >= 15 is 0 Å². The van der Waals surface area contributed by atoms with Crippen molar-refractivity contribution < 1.29 is 18.0 Å². The average molecular weight is 626 g/mol. The quantitative estimate of drug-likeness (QED) is 0.403. The molecule has 8 nitrogen and oxygen atoms in total. The van der Waals surface area contributed by atoms with Gasteiger partial charge in [0.15, 0.2) is 0 Å². The molecule has 3 fully saturated rings. The Morgan fingerprint density at radius 2 is 1.71 bits per heavy atom. The standard InChI is InChI=1S/C31H30Cl2N4O4S/c1-34-42(40,41)23-10-8-22(9-11-23)36-14-13-26-27(29(36)38)28(19-3-2-4-20(32)15-19)31(37(26)17-18-5-6-18)24-12-7-21(33)16-25(24)35-30(31)39/h2-4,7-12,15-16,18,26-28,34H,5-6,13-14,17H2,1H3,(H,35,39)/t26-,27+,28-,31+/m0/s1. The summed E-state index contributed by atoms with van der Waals surface area (Å²) in [5.41, 5.74) is 1.84. The van der Waals surface area contributed by atoms with E-state index in [0.29, 0.717) is 40.3 Å². The number of hydrogen-bond donors (Lipinski definition) is 2. The summed E-state index contributed by atoms with van der Waals surface area (Å²) in [6.45, 7) is 1.17. The second-order valence-corrected chi connectivity index (χ2v) is 14.4. The maximum Gasteiger partial charge on any atom is 0.250 e. The van der Waals surface area contributed by atoms with Crippen molar-refractivity contribution in [2.24, 2.45) is 11.8 Å². The van der Waals surface area contributed by atoms with Crippen LogP contribution in [-0.4, -0.2) is 51.3 Å². The number of halogens is 2. The van der Waals surface area contributed by atoms with E-state index in [4.69, 9.17) is 23.2 Å². The highest BCUT2D eigenvalue weighted by molar-refractivity contribution is 7.89. The van der Waals surface area contributed by atoms with E-state index in [0.717, 1.165) is 30.5 Å². The van der Waals surface area contributed by atoms with E-state index in [9.17, 15) is 18.0 Å². The van der Waals surface area contributed by atoms with Gasteiger partial charge < -0.3 is 10.2 Å². The zero-order valence-corrected chi connectivity index (χ0v) is 25.2. The van der Waals surface area contributed by atoms with Crippen molar-refractivity contribution in [1.82, 2.24) is 9.62 Å². The number of nitrogens with zero attached hydrogens (tertiary/aromatic N) is 2. The minimum absolute atomic E-state index is 0.0895. The van der Waals surface area contributed by atoms with E-state index in [2.05, 4.69) is 14.9 Å². The monoisotopic (exact) mass is 624 g/mol. The van der Waals surface area contributed by atoms with Crippen LogP contribution in [0.4, 0.5) is 11.4 Å². The van der Waals surface area contributed by atoms with Gasteiger partial charge in [-0.3, -0.25) is 14.5 Å². The van der Waals surface area contributed by atoms with Gasteiger partial charge in [0.25, 0.3) is 0 Å². The van der Waals surface area contributed by atoms with Gasteiger partial charge >= 0.3 is 0 Å². The number of anilines is 2. The molecule has 4 aliphatic rings. The van der Waals surface area contributed by atoms with Crippen LogP contribution in [0.25, 0.3) is 0 Å². The number of carbonyl (C=O) groups excluding carboxylic acids is 2. The van der Waals surface area contributed by atoms with Crippen molar-refractivity contribution in [3.8, 4) is 0 Å². The molecule has 2 N–H and O–H groups in total. The van der Waals surface area contributed by atoms with Gasteiger partial charge in [-0.1, -0.05) is 41.4 Å². The number of nitrogens with one attached hydrogen (secondary N) is 2. The van der Waals surface area contributed by atoms with Gasteiger partial charge in [-0.2, -0.15) is 0 Å². The zero-order chi connectivity index (χ0) is 29.4. The number of amides is 2. The summed E-state index contributed by atoms with van der Waals surface area (Å²) in [5, 5.41) is 4.18. The molecule has 0 unspecified atom stereocenters. The fourth-order valence-electron chi connectivity index (χ4n) is 7.38. The average Bonchev–Trinajstić information content (AvgIpc) is 3.69. The molecule has 2 amide bonds. The van der Waals surface area contributed by atoms with E-state index in [1.165, 1.54) is 19.2 Å². The van der Waals surface area contributed by atoms with Crippen LogP contribution in [0, 0.1) is 11.8 Å². The number of carbonyl (C=O) groups is 2. The first-order valence-corrected chi connectivity index (χ1v) is 16.4. The van der Waals surface area contributed by atoms with Crippen LogP contribution in [0.2, 0.25) is 10.0 Å². The summed E-state index contributed by atoms with van der Waals surface area (Å²) in [6.07, 6.45) is 2.86. The van der Waals surface area contributed by atoms with Crippen molar-refractivity contribution in [2.45, 2.75) is 41.7 Å². The number of likely N-dealkylation sites (tertiary alicyclic amines) is 1. The molecule has 0 aromatic heterocycles. The second-order valence-electron chi connectivity index (χ2n) is 11.6. The smallest absolute Gasteiger partial charge is 0.250 e. The Balaban J connectivity index is 1.39. The Morgan fingerprint density at radius 1 is 0.976 bits per heavy atom. The molecule has 1 spiro atoms. The maximum absolute atomic E-state index is 14.7. The molecule has 218 valence electrons. The van der Waals surface area contributed by atoms with E-state index < -0.39 is 27.4 Å². The van der Waals surface area contributed by atoms with Crippen LogP contribution in [0.3, 0.4) is 0 Å². The topological polar surface area (TPSA) is 98.8 Å². The number of sulfonamides is 1. The first-order chi connectivity index (χ1) is 20.1. The molecule has 3 heterocycles. The summed E-state index contributed by atoms with van der Waals surface area (Å²) in [5.74, 6) is -0.820. The number of rotatable bonds is 6. The molecule has 3 aliphatic heterocycles. The summed E-state index contributed by atoms with van der Waals surface area (Å²) in [6, 6.07) is 19.2. The van der Waals surface area contributed by atoms with Crippen molar-refractivity contribution in [2.75, 3.05) is 30.4 Å². The SMILES string of the molecule is CNS(=O)(=O)c1ccc(N2CC[C@H]3[C@@H](C2=O)[C@H](c2cccc(Cl)c2)[C@]2(C(=O)Nc4cc(Cl)ccc42)N3CC2CC2)cc1. The molecular formula is C31H30Cl2N4O4S. The van der Waals surface area contributed by atoms with Crippen LogP contribution in [0.1, 0.15) is 36.3 Å². The largest absolute Gasteiger partial charge is 0.324 e. The highest BCUT2D eigenvalue weighted by Crippen LogP contribution is 2.62. The minimum Gasteiger partial charge on any atom is -0.324 e. The molecule has 0 radical (unpaired) electrons. The molecule has 4 atom stereocenters. The van der Waals surface area contributed by atoms with Crippen molar-refractivity contribution in [1.29, 1.82) is 0 Å². The van der Waals surface area contributed by atoms with Crippen LogP contribution < -0.4 is 14.9 Å². The Bertz CT molecular complexity index is 1710. The summed E-state index contributed by atoms with van der Waals surface area (Å²) < 4.78 is 26.9. The second kappa shape index (κ2) is 10.1. The molecule has 3 aromatic rings. The predicted molar refractivity (Wildman–Crippen MR) is 162 cm³/mol. The Morgan fingerprint density at radius 3 is 2.40 bits per heavy atom. The van der Waals surface area contributed by atoms with Crippen LogP contribution in [-0.2, 0) is 25.2 Å². The Hall–Kier alpha value is -2.95. The van der Waals surface area contributed by atoms with Crippen molar-refractivity contribution in [3.05, 3.63) is 87.9 Å². The number of benzene rings is 3. The molecule has 1 aliphatic carbocycles. The molecular weight excluding hydrogens is 595 g/mol. The fraction of sp³-hybridized carbons (Fsp3) is 0.355. The van der Waals surface area contributed by atoms with Crippen LogP contribution >= 0.6 is 23.2 Å². The predicted octanol–water partition coefficient (Wildman–Crippen LogP) is 4.98. The van der Waals surface area contributed by atoms with Gasteiger partial charge in [0, 0.05) is 52.0 Å². The maximum atomic E-state index is 14.7. The van der Waals surface area contributed by atoms with Crippen LogP contribution in [0.5, 0.6) is 0 Å². The normalized spacial score (nSPS) is 27.3. The lowest BCUT2D eigenvalue weighted by molar-refractivity contribution is -0.128. The lowest BCUT2D eigenvalue weighted by Crippen LogP contribution is -2.54. The molecule has 3 aromatic carbocycles. The first-order valence-electron chi connectivity index (χ1n) is 14.1. The lowest BCUT2D eigenvalue weighted by atomic mass is 9.70. The van der Waals surface area contributed by atoms with Gasteiger partial charge in [-0.05, 0) is 86.3 Å². The number of hydrogen-bond acceptors (Lipinski definition) is 5. The molecule has 1 saturated carbocycles. The highest BCUT2D eigenvalue weighted by atomic mass is 35.5.